The van der Waals surface area contributed by atoms with Crippen molar-refractivity contribution < 1.29 is 17.5 Å². The molecule has 0 saturated carbocycles. The van der Waals surface area contributed by atoms with E-state index in [1.54, 1.807) is 7.11 Å². The highest BCUT2D eigenvalue weighted by Gasteiger charge is 2.22. The molecule has 0 fully saturated rings. The standard InChI is InChI=1S/C17H21FN2O3S/c1-20(2)16(15-6-4-5-7-17(15)23-3)12-19-24(21,22)14-10-8-13(18)9-11-14/h4-11,16,19H,12H2,1-3H3/t16-/m0/s1. The van der Waals surface area contributed by atoms with Crippen LogP contribution in [0, 0.1) is 5.82 Å². The van der Waals surface area contributed by atoms with Gasteiger partial charge in [0.1, 0.15) is 11.6 Å². The minimum absolute atomic E-state index is 0.0291. The van der Waals surface area contributed by atoms with Gasteiger partial charge in [-0.1, -0.05) is 18.2 Å². The van der Waals surface area contributed by atoms with Crippen molar-refractivity contribution in [2.75, 3.05) is 27.7 Å². The van der Waals surface area contributed by atoms with Crippen molar-refractivity contribution in [3.63, 3.8) is 0 Å². The third-order valence-corrected chi connectivity index (χ3v) is 5.15. The molecular weight excluding hydrogens is 331 g/mol. The summed E-state index contributed by atoms with van der Waals surface area (Å²) in [6.07, 6.45) is 0. The minimum atomic E-state index is -3.72. The molecule has 0 aliphatic rings. The van der Waals surface area contributed by atoms with Gasteiger partial charge in [-0.3, -0.25) is 0 Å². The third kappa shape index (κ3) is 4.31. The van der Waals surface area contributed by atoms with Crippen molar-refractivity contribution >= 4 is 10.0 Å². The molecule has 0 spiro atoms. The van der Waals surface area contributed by atoms with E-state index in [2.05, 4.69) is 4.72 Å². The summed E-state index contributed by atoms with van der Waals surface area (Å²) in [5.74, 6) is 0.214. The van der Waals surface area contributed by atoms with Crippen LogP contribution < -0.4 is 9.46 Å². The zero-order valence-corrected chi connectivity index (χ0v) is 14.7. The average molecular weight is 352 g/mol. The first-order valence-electron chi connectivity index (χ1n) is 7.39. The molecule has 130 valence electrons. The van der Waals surface area contributed by atoms with Crippen molar-refractivity contribution in [2.45, 2.75) is 10.9 Å². The molecule has 1 atom stereocenters. The largest absolute Gasteiger partial charge is 0.496 e. The van der Waals surface area contributed by atoms with Gasteiger partial charge < -0.3 is 9.64 Å². The smallest absolute Gasteiger partial charge is 0.240 e. The van der Waals surface area contributed by atoms with E-state index >= 15 is 0 Å². The lowest BCUT2D eigenvalue weighted by Crippen LogP contribution is -2.34. The molecule has 2 aromatic rings. The van der Waals surface area contributed by atoms with Gasteiger partial charge >= 0.3 is 0 Å². The molecule has 0 aliphatic heterocycles. The van der Waals surface area contributed by atoms with Gasteiger partial charge in [0.15, 0.2) is 0 Å². The molecule has 0 radical (unpaired) electrons. The Bertz CT molecular complexity index is 777. The minimum Gasteiger partial charge on any atom is -0.496 e. The quantitative estimate of drug-likeness (QED) is 0.831. The predicted octanol–water partition coefficient (Wildman–Crippen LogP) is 2.42. The number of rotatable bonds is 7. The number of hydrogen-bond donors (Lipinski definition) is 1. The Morgan fingerprint density at radius 2 is 1.75 bits per heavy atom. The lowest BCUT2D eigenvalue weighted by molar-refractivity contribution is 0.289. The fraction of sp³-hybridized carbons (Fsp3) is 0.294. The average Bonchev–Trinajstić information content (AvgIpc) is 2.55. The molecular formula is C17H21FN2O3S. The van der Waals surface area contributed by atoms with E-state index in [1.165, 1.54) is 12.1 Å². The summed E-state index contributed by atoms with van der Waals surface area (Å²) in [6, 6.07) is 12.0. The normalized spacial score (nSPS) is 13.0. The first-order chi connectivity index (χ1) is 11.3. The summed E-state index contributed by atoms with van der Waals surface area (Å²) in [5.41, 5.74) is 0.881. The molecule has 0 unspecified atom stereocenters. The van der Waals surface area contributed by atoms with E-state index in [9.17, 15) is 12.8 Å². The molecule has 24 heavy (non-hydrogen) atoms. The Morgan fingerprint density at radius 1 is 1.12 bits per heavy atom. The van der Waals surface area contributed by atoms with Crippen LogP contribution in [0.15, 0.2) is 53.4 Å². The maximum absolute atomic E-state index is 13.0. The van der Waals surface area contributed by atoms with Crippen LogP contribution in [0.1, 0.15) is 11.6 Å². The maximum Gasteiger partial charge on any atom is 0.240 e. The molecule has 1 N–H and O–H groups in total. The van der Waals surface area contributed by atoms with E-state index in [1.807, 2.05) is 43.3 Å². The van der Waals surface area contributed by atoms with E-state index in [0.29, 0.717) is 5.75 Å². The second-order valence-corrected chi connectivity index (χ2v) is 7.29. The molecule has 0 heterocycles. The fourth-order valence-corrected chi connectivity index (χ4v) is 3.44. The van der Waals surface area contributed by atoms with Crippen molar-refractivity contribution in [2.24, 2.45) is 0 Å². The molecule has 2 rings (SSSR count). The molecule has 2 aromatic carbocycles. The van der Waals surface area contributed by atoms with Crippen LogP contribution in [0.5, 0.6) is 5.75 Å². The molecule has 5 nitrogen and oxygen atoms in total. The van der Waals surface area contributed by atoms with Crippen LogP contribution in [-0.2, 0) is 10.0 Å². The van der Waals surface area contributed by atoms with Gasteiger partial charge in [0.2, 0.25) is 10.0 Å². The zero-order chi connectivity index (χ0) is 17.7. The second kappa shape index (κ2) is 7.74. The third-order valence-electron chi connectivity index (χ3n) is 3.71. The Morgan fingerprint density at radius 3 is 2.33 bits per heavy atom. The number of nitrogens with zero attached hydrogens (tertiary/aromatic N) is 1. The lowest BCUT2D eigenvalue weighted by Gasteiger charge is -2.26. The summed E-state index contributed by atoms with van der Waals surface area (Å²) < 4.78 is 45.6. The summed E-state index contributed by atoms with van der Waals surface area (Å²) in [6.45, 7) is 0.160. The molecule has 0 bridgehead atoms. The van der Waals surface area contributed by atoms with Crippen LogP contribution in [-0.4, -0.2) is 41.1 Å². The maximum atomic E-state index is 13.0. The number of methoxy groups -OCH3 is 1. The fourth-order valence-electron chi connectivity index (χ4n) is 2.40. The number of para-hydroxylation sites is 1. The van der Waals surface area contributed by atoms with Crippen LogP contribution in [0.4, 0.5) is 4.39 Å². The number of sulfonamides is 1. The predicted molar refractivity (Wildman–Crippen MR) is 91.0 cm³/mol. The van der Waals surface area contributed by atoms with Gasteiger partial charge in [0, 0.05) is 12.1 Å². The Balaban J connectivity index is 2.21. The van der Waals surface area contributed by atoms with Gasteiger partial charge in [-0.15, -0.1) is 0 Å². The summed E-state index contributed by atoms with van der Waals surface area (Å²) >= 11 is 0. The van der Waals surface area contributed by atoms with Gasteiger partial charge in [-0.2, -0.15) is 0 Å². The molecule has 0 amide bonds. The van der Waals surface area contributed by atoms with Gasteiger partial charge in [0.05, 0.1) is 18.0 Å². The number of ether oxygens (including phenoxy) is 1. The number of benzene rings is 2. The number of nitrogens with one attached hydrogen (secondary N) is 1. The first kappa shape index (κ1) is 18.4. The summed E-state index contributed by atoms with van der Waals surface area (Å²) in [4.78, 5) is 1.94. The summed E-state index contributed by atoms with van der Waals surface area (Å²) in [5, 5.41) is 0. The Kier molecular flexibility index (Phi) is 5.93. The van der Waals surface area contributed by atoms with Gasteiger partial charge in [-0.05, 0) is 44.4 Å². The summed E-state index contributed by atoms with van der Waals surface area (Å²) in [7, 11) is 1.59. The van der Waals surface area contributed by atoms with Crippen LogP contribution >= 0.6 is 0 Å². The Labute approximate surface area is 142 Å². The van der Waals surface area contributed by atoms with Crippen molar-refractivity contribution in [1.82, 2.24) is 9.62 Å². The highest BCUT2D eigenvalue weighted by atomic mass is 32.2. The van der Waals surface area contributed by atoms with Crippen molar-refractivity contribution in [3.05, 3.63) is 59.9 Å². The highest BCUT2D eigenvalue weighted by molar-refractivity contribution is 7.89. The van der Waals surface area contributed by atoms with Crippen LogP contribution in [0.2, 0.25) is 0 Å². The first-order valence-corrected chi connectivity index (χ1v) is 8.88. The SMILES string of the molecule is COc1ccccc1[C@H](CNS(=O)(=O)c1ccc(F)cc1)N(C)C. The van der Waals surface area contributed by atoms with E-state index in [0.717, 1.165) is 17.7 Å². The molecule has 0 aliphatic carbocycles. The second-order valence-electron chi connectivity index (χ2n) is 5.53. The number of halogens is 1. The van der Waals surface area contributed by atoms with Crippen molar-refractivity contribution in [3.8, 4) is 5.75 Å². The number of hydrogen-bond acceptors (Lipinski definition) is 4. The highest BCUT2D eigenvalue weighted by Crippen LogP contribution is 2.27. The number of likely N-dealkylation sites (N-methyl/N-ethyl adjacent to an activating group) is 1. The van der Waals surface area contributed by atoms with E-state index in [4.69, 9.17) is 4.74 Å². The van der Waals surface area contributed by atoms with Gasteiger partial charge in [0.25, 0.3) is 0 Å². The van der Waals surface area contributed by atoms with Gasteiger partial charge in [-0.25, -0.2) is 17.5 Å². The lowest BCUT2D eigenvalue weighted by atomic mass is 10.1. The van der Waals surface area contributed by atoms with Crippen LogP contribution in [0.3, 0.4) is 0 Å². The molecule has 0 aromatic heterocycles. The van der Waals surface area contributed by atoms with Crippen LogP contribution in [0.25, 0.3) is 0 Å². The molecule has 0 saturated heterocycles. The topological polar surface area (TPSA) is 58.6 Å². The Hall–Kier alpha value is -1.96. The van der Waals surface area contributed by atoms with E-state index in [-0.39, 0.29) is 17.5 Å². The monoisotopic (exact) mass is 352 g/mol. The molecule has 7 heteroatoms. The zero-order valence-electron chi connectivity index (χ0n) is 13.9. The van der Waals surface area contributed by atoms with Crippen molar-refractivity contribution in [1.29, 1.82) is 0 Å². The van der Waals surface area contributed by atoms with E-state index < -0.39 is 15.8 Å².